The van der Waals surface area contributed by atoms with Gasteiger partial charge in [-0.2, -0.15) is 0 Å². The molecule has 0 aliphatic rings. The van der Waals surface area contributed by atoms with E-state index < -0.39 is 6.10 Å². The third-order valence-electron chi connectivity index (χ3n) is 4.18. The number of rotatable bonds is 5. The van der Waals surface area contributed by atoms with Crippen LogP contribution in [0.2, 0.25) is 0 Å². The van der Waals surface area contributed by atoms with E-state index in [1.165, 1.54) is 15.3 Å². The van der Waals surface area contributed by atoms with Gasteiger partial charge in [0.1, 0.15) is 0 Å². The average molecular weight is 288 g/mol. The van der Waals surface area contributed by atoms with E-state index in [0.717, 1.165) is 12.0 Å². The zero-order valence-electron chi connectivity index (χ0n) is 12.8. The molecule has 0 spiro atoms. The van der Waals surface area contributed by atoms with Crippen LogP contribution in [0.15, 0.2) is 36.4 Å². The van der Waals surface area contributed by atoms with Crippen molar-refractivity contribution < 1.29 is 5.11 Å². The summed E-state index contributed by atoms with van der Waals surface area (Å²) < 4.78 is 0. The molecule has 2 rings (SSSR count). The fourth-order valence-corrected chi connectivity index (χ4v) is 3.86. The molecule has 3 unspecified atom stereocenters. The Labute approximate surface area is 126 Å². The molecule has 1 nitrogen and oxygen atoms in total. The zero-order valence-corrected chi connectivity index (χ0v) is 13.6. The van der Waals surface area contributed by atoms with Gasteiger partial charge in [0.15, 0.2) is 0 Å². The molecule has 0 radical (unpaired) electrons. The lowest BCUT2D eigenvalue weighted by molar-refractivity contribution is 0.118. The molecule has 1 heterocycles. The van der Waals surface area contributed by atoms with Gasteiger partial charge in [-0.05, 0) is 37.0 Å². The summed E-state index contributed by atoms with van der Waals surface area (Å²) in [6.45, 7) is 8.64. The number of aliphatic hydroxyl groups is 1. The van der Waals surface area contributed by atoms with E-state index in [9.17, 15) is 5.11 Å². The normalized spacial score (nSPS) is 15.8. The molecule has 1 aromatic carbocycles. The van der Waals surface area contributed by atoms with Gasteiger partial charge in [-0.3, -0.25) is 0 Å². The summed E-state index contributed by atoms with van der Waals surface area (Å²) in [6.07, 6.45) is 0.649. The minimum Gasteiger partial charge on any atom is -0.388 e. The van der Waals surface area contributed by atoms with Crippen LogP contribution in [0.1, 0.15) is 53.2 Å². The van der Waals surface area contributed by atoms with Crippen LogP contribution in [0.5, 0.6) is 0 Å². The molecular weight excluding hydrogens is 264 g/mol. The SMILES string of the molecule is CCC(C)C(c1ccccc1)C(O)c1cc(C)sc1C. The first-order valence-electron chi connectivity index (χ1n) is 7.34. The van der Waals surface area contributed by atoms with Crippen molar-refractivity contribution in [3.63, 3.8) is 0 Å². The van der Waals surface area contributed by atoms with Crippen LogP contribution in [-0.2, 0) is 0 Å². The lowest BCUT2D eigenvalue weighted by Crippen LogP contribution is -2.18. The van der Waals surface area contributed by atoms with Gasteiger partial charge >= 0.3 is 0 Å². The highest BCUT2D eigenvalue weighted by molar-refractivity contribution is 7.12. The van der Waals surface area contributed by atoms with Crippen molar-refractivity contribution in [2.24, 2.45) is 5.92 Å². The summed E-state index contributed by atoms with van der Waals surface area (Å²) in [6, 6.07) is 12.6. The van der Waals surface area contributed by atoms with Crippen molar-refractivity contribution >= 4 is 11.3 Å². The van der Waals surface area contributed by atoms with Gasteiger partial charge in [-0.1, -0.05) is 50.6 Å². The zero-order chi connectivity index (χ0) is 14.7. The molecule has 0 saturated heterocycles. The molecule has 3 atom stereocenters. The molecule has 20 heavy (non-hydrogen) atoms. The molecule has 0 bridgehead atoms. The predicted molar refractivity (Wildman–Crippen MR) is 87.4 cm³/mol. The Kier molecular flexibility index (Phi) is 5.00. The van der Waals surface area contributed by atoms with Crippen molar-refractivity contribution in [3.8, 4) is 0 Å². The minimum absolute atomic E-state index is 0.161. The summed E-state index contributed by atoms with van der Waals surface area (Å²) in [5, 5.41) is 10.9. The first kappa shape index (κ1) is 15.3. The van der Waals surface area contributed by atoms with Crippen LogP contribution in [0.4, 0.5) is 0 Å². The number of aryl methyl sites for hydroxylation is 2. The highest BCUT2D eigenvalue weighted by atomic mass is 32.1. The quantitative estimate of drug-likeness (QED) is 0.799. The van der Waals surface area contributed by atoms with Gasteiger partial charge in [0.05, 0.1) is 6.10 Å². The maximum atomic E-state index is 10.9. The summed E-state index contributed by atoms with van der Waals surface area (Å²) in [7, 11) is 0. The first-order chi connectivity index (χ1) is 9.54. The van der Waals surface area contributed by atoms with Gasteiger partial charge in [0, 0.05) is 15.7 Å². The molecule has 1 aromatic heterocycles. The maximum Gasteiger partial charge on any atom is 0.0871 e. The van der Waals surface area contributed by atoms with E-state index in [4.69, 9.17) is 0 Å². The van der Waals surface area contributed by atoms with E-state index >= 15 is 0 Å². The third-order valence-corrected chi connectivity index (χ3v) is 5.16. The smallest absolute Gasteiger partial charge is 0.0871 e. The molecule has 0 amide bonds. The molecule has 2 heteroatoms. The minimum atomic E-state index is -0.419. The van der Waals surface area contributed by atoms with Crippen molar-refractivity contribution in [3.05, 3.63) is 57.3 Å². The summed E-state index contributed by atoms with van der Waals surface area (Å²) >= 11 is 1.77. The maximum absolute atomic E-state index is 10.9. The Morgan fingerprint density at radius 3 is 2.30 bits per heavy atom. The number of thiophene rings is 1. The Balaban J connectivity index is 2.39. The largest absolute Gasteiger partial charge is 0.388 e. The third kappa shape index (κ3) is 3.13. The lowest BCUT2D eigenvalue weighted by Gasteiger charge is -2.29. The molecular formula is C18H24OS. The second-order valence-electron chi connectivity index (χ2n) is 5.64. The lowest BCUT2D eigenvalue weighted by atomic mass is 9.79. The van der Waals surface area contributed by atoms with Crippen LogP contribution in [0, 0.1) is 19.8 Å². The van der Waals surface area contributed by atoms with E-state index in [2.05, 4.69) is 58.0 Å². The van der Waals surface area contributed by atoms with Crippen LogP contribution in [-0.4, -0.2) is 5.11 Å². The van der Waals surface area contributed by atoms with E-state index in [1.807, 2.05) is 6.07 Å². The Bertz CT molecular complexity index is 544. The Hall–Kier alpha value is -1.12. The van der Waals surface area contributed by atoms with E-state index in [-0.39, 0.29) is 5.92 Å². The summed E-state index contributed by atoms with van der Waals surface area (Å²) in [4.78, 5) is 2.51. The highest BCUT2D eigenvalue weighted by Gasteiger charge is 2.28. The van der Waals surface area contributed by atoms with Crippen LogP contribution < -0.4 is 0 Å². The second-order valence-corrected chi connectivity index (χ2v) is 7.10. The topological polar surface area (TPSA) is 20.2 Å². The van der Waals surface area contributed by atoms with Crippen molar-refractivity contribution in [2.75, 3.05) is 0 Å². The Morgan fingerprint density at radius 2 is 1.80 bits per heavy atom. The standard InChI is InChI=1S/C18H24OS/c1-5-12(2)17(15-9-7-6-8-10-15)18(19)16-11-13(3)20-14(16)4/h6-12,17-19H,5H2,1-4H3. The fraction of sp³-hybridized carbons (Fsp3) is 0.444. The summed E-state index contributed by atoms with van der Waals surface area (Å²) in [5.41, 5.74) is 2.33. The summed E-state index contributed by atoms with van der Waals surface area (Å²) in [5.74, 6) is 0.612. The molecule has 2 aromatic rings. The van der Waals surface area contributed by atoms with Gasteiger partial charge in [-0.15, -0.1) is 11.3 Å². The van der Waals surface area contributed by atoms with Crippen molar-refractivity contribution in [2.45, 2.75) is 46.1 Å². The average Bonchev–Trinajstić information content (AvgIpc) is 2.79. The molecule has 0 aliphatic heterocycles. The van der Waals surface area contributed by atoms with Gasteiger partial charge in [0.2, 0.25) is 0 Å². The van der Waals surface area contributed by atoms with Crippen molar-refractivity contribution in [1.29, 1.82) is 0 Å². The van der Waals surface area contributed by atoms with E-state index in [1.54, 1.807) is 11.3 Å². The highest BCUT2D eigenvalue weighted by Crippen LogP contribution is 2.41. The van der Waals surface area contributed by atoms with Crippen molar-refractivity contribution in [1.82, 2.24) is 0 Å². The van der Waals surface area contributed by atoms with E-state index in [0.29, 0.717) is 5.92 Å². The van der Waals surface area contributed by atoms with Gasteiger partial charge in [-0.25, -0.2) is 0 Å². The molecule has 0 saturated carbocycles. The number of aliphatic hydroxyl groups excluding tert-OH is 1. The van der Waals surface area contributed by atoms with Gasteiger partial charge < -0.3 is 5.11 Å². The molecule has 1 N–H and O–H groups in total. The Morgan fingerprint density at radius 1 is 1.15 bits per heavy atom. The second kappa shape index (κ2) is 6.55. The van der Waals surface area contributed by atoms with Crippen LogP contribution in [0.25, 0.3) is 0 Å². The number of hydrogen-bond acceptors (Lipinski definition) is 2. The molecule has 0 fully saturated rings. The number of hydrogen-bond donors (Lipinski definition) is 1. The first-order valence-corrected chi connectivity index (χ1v) is 8.16. The molecule has 0 aliphatic carbocycles. The van der Waals surface area contributed by atoms with Crippen LogP contribution >= 0.6 is 11.3 Å². The van der Waals surface area contributed by atoms with Gasteiger partial charge in [0.25, 0.3) is 0 Å². The predicted octanol–water partition coefficient (Wildman–Crippen LogP) is 5.23. The monoisotopic (exact) mass is 288 g/mol. The fourth-order valence-electron chi connectivity index (χ4n) is 2.89. The molecule has 108 valence electrons. The number of benzene rings is 1. The van der Waals surface area contributed by atoms with Crippen LogP contribution in [0.3, 0.4) is 0 Å².